The molecule has 1 fully saturated rings. The summed E-state index contributed by atoms with van der Waals surface area (Å²) in [5.74, 6) is 0.871. The molecule has 0 radical (unpaired) electrons. The predicted molar refractivity (Wildman–Crippen MR) is 135 cm³/mol. The minimum absolute atomic E-state index is 0.0830. The highest BCUT2D eigenvalue weighted by molar-refractivity contribution is 7.07. The van der Waals surface area contributed by atoms with E-state index in [0.717, 1.165) is 17.6 Å². The Bertz CT molecular complexity index is 1290. The largest absolute Gasteiger partial charge is 0.461 e. The zero-order valence-corrected chi connectivity index (χ0v) is 20.8. The third-order valence-corrected chi connectivity index (χ3v) is 5.58. The molecule has 192 valence electrons. The highest BCUT2D eigenvalue weighted by atomic mass is 32.1. The Labute approximate surface area is 216 Å². The third-order valence-electron chi connectivity index (χ3n) is 4.92. The first-order valence-electron chi connectivity index (χ1n) is 11.3. The van der Waals surface area contributed by atoms with Crippen molar-refractivity contribution in [3.05, 3.63) is 30.7 Å². The molecule has 16 heteroatoms. The van der Waals surface area contributed by atoms with Gasteiger partial charge in [0.05, 0.1) is 26.0 Å². The van der Waals surface area contributed by atoms with Crippen LogP contribution in [0.25, 0.3) is 5.13 Å². The van der Waals surface area contributed by atoms with Crippen LogP contribution in [-0.4, -0.2) is 81.1 Å². The summed E-state index contributed by atoms with van der Waals surface area (Å²) in [4.78, 5) is 26.8. The maximum Gasteiger partial charge on any atom is 0.330 e. The summed E-state index contributed by atoms with van der Waals surface area (Å²) in [7, 11) is 0. The van der Waals surface area contributed by atoms with Gasteiger partial charge >= 0.3 is 5.97 Å². The quantitative estimate of drug-likeness (QED) is 0.162. The number of aromatic nitrogens is 6. The molecule has 0 aromatic carbocycles. The molecule has 0 unspecified atom stereocenters. The molecular weight excluding hydrogens is 500 g/mol. The minimum Gasteiger partial charge on any atom is -0.461 e. The first-order chi connectivity index (χ1) is 18.1. The summed E-state index contributed by atoms with van der Waals surface area (Å²) in [6, 6.07) is 2.06. The van der Waals surface area contributed by atoms with E-state index in [2.05, 4.69) is 57.9 Å². The second-order valence-electron chi connectivity index (χ2n) is 7.34. The van der Waals surface area contributed by atoms with Gasteiger partial charge < -0.3 is 25.0 Å². The fraction of sp³-hybridized carbons (Fsp3) is 0.381. The van der Waals surface area contributed by atoms with E-state index in [4.69, 9.17) is 9.47 Å². The van der Waals surface area contributed by atoms with Crippen LogP contribution >= 0.6 is 11.5 Å². The lowest BCUT2D eigenvalue weighted by Crippen LogP contribution is -2.37. The van der Waals surface area contributed by atoms with E-state index in [1.54, 1.807) is 0 Å². The molecule has 0 spiro atoms. The topological polar surface area (TPSA) is 181 Å². The maximum atomic E-state index is 11.4. The van der Waals surface area contributed by atoms with Crippen LogP contribution in [0.5, 0.6) is 0 Å². The second kappa shape index (κ2) is 12.5. The zero-order chi connectivity index (χ0) is 26.0. The Balaban J connectivity index is 1.68. The number of carbonyl (C=O) groups is 1. The molecule has 0 aliphatic carbocycles. The minimum atomic E-state index is -0.526. The van der Waals surface area contributed by atoms with Crippen molar-refractivity contribution in [1.29, 1.82) is 5.26 Å². The van der Waals surface area contributed by atoms with Crippen LogP contribution in [0.4, 0.5) is 29.1 Å². The van der Waals surface area contributed by atoms with Gasteiger partial charge in [0, 0.05) is 37.2 Å². The van der Waals surface area contributed by atoms with E-state index < -0.39 is 5.97 Å². The molecular formula is C21H24N12O3S. The molecule has 1 aliphatic rings. The molecule has 3 aromatic rings. The van der Waals surface area contributed by atoms with Gasteiger partial charge in [-0.05, 0) is 6.92 Å². The number of anilines is 3. The number of nitriles is 1. The van der Waals surface area contributed by atoms with Crippen molar-refractivity contribution in [2.75, 3.05) is 61.5 Å². The Hall–Kier alpha value is -4.49. The van der Waals surface area contributed by atoms with Gasteiger partial charge in [0.2, 0.25) is 16.9 Å². The highest BCUT2D eigenvalue weighted by Crippen LogP contribution is 2.35. The average molecular weight is 525 g/mol. The van der Waals surface area contributed by atoms with Crippen molar-refractivity contribution < 1.29 is 14.3 Å². The number of ether oxygens (including phenoxy) is 2. The highest BCUT2D eigenvalue weighted by Gasteiger charge is 2.21. The lowest BCUT2D eigenvalue weighted by atomic mass is 10.3. The van der Waals surface area contributed by atoms with Crippen LogP contribution in [0, 0.1) is 11.3 Å². The zero-order valence-electron chi connectivity index (χ0n) is 20.0. The van der Waals surface area contributed by atoms with E-state index in [9.17, 15) is 10.1 Å². The molecule has 15 nitrogen and oxygen atoms in total. The fourth-order valence-corrected chi connectivity index (χ4v) is 3.68. The normalized spacial score (nSPS) is 13.4. The van der Waals surface area contributed by atoms with Gasteiger partial charge in [-0.2, -0.15) is 19.6 Å². The molecule has 4 heterocycles. The van der Waals surface area contributed by atoms with Gasteiger partial charge in [-0.15, -0.1) is 15.3 Å². The van der Waals surface area contributed by atoms with Crippen LogP contribution in [-0.2, 0) is 14.3 Å². The lowest BCUT2D eigenvalue weighted by Gasteiger charge is -2.27. The Morgan fingerprint density at radius 3 is 2.78 bits per heavy atom. The second-order valence-corrected chi connectivity index (χ2v) is 8.10. The molecule has 0 bridgehead atoms. The van der Waals surface area contributed by atoms with Crippen molar-refractivity contribution in [2.24, 2.45) is 10.2 Å². The lowest BCUT2D eigenvalue weighted by molar-refractivity contribution is -0.137. The summed E-state index contributed by atoms with van der Waals surface area (Å²) < 4.78 is 15.9. The SMILES string of the molecule is C=CC(=O)OCCNc1nc(N2CCOCC2)nc(NCC)c1N=Nc1nn(-c2ncns2)cc1C#N. The number of morpholine rings is 1. The molecule has 37 heavy (non-hydrogen) atoms. The van der Waals surface area contributed by atoms with Crippen LogP contribution in [0.3, 0.4) is 0 Å². The van der Waals surface area contributed by atoms with Crippen LogP contribution in [0.2, 0.25) is 0 Å². The smallest absolute Gasteiger partial charge is 0.330 e. The van der Waals surface area contributed by atoms with Crippen molar-refractivity contribution in [1.82, 2.24) is 29.1 Å². The van der Waals surface area contributed by atoms with Gasteiger partial charge in [-0.25, -0.2) is 14.5 Å². The van der Waals surface area contributed by atoms with E-state index in [0.29, 0.717) is 61.3 Å². The number of carbonyl (C=O) groups excluding carboxylic acids is 1. The molecule has 0 atom stereocenters. The van der Waals surface area contributed by atoms with Gasteiger partial charge in [0.25, 0.3) is 0 Å². The molecule has 1 aliphatic heterocycles. The van der Waals surface area contributed by atoms with E-state index in [1.807, 2.05) is 11.8 Å². The summed E-state index contributed by atoms with van der Waals surface area (Å²) in [6.45, 7) is 8.62. The van der Waals surface area contributed by atoms with Crippen LogP contribution < -0.4 is 15.5 Å². The Kier molecular flexibility index (Phi) is 8.62. The molecule has 3 aromatic heterocycles. The van der Waals surface area contributed by atoms with Gasteiger partial charge in [0.15, 0.2) is 17.3 Å². The Morgan fingerprint density at radius 2 is 2.11 bits per heavy atom. The van der Waals surface area contributed by atoms with Crippen molar-refractivity contribution >= 4 is 46.6 Å². The molecule has 0 saturated carbocycles. The summed E-state index contributed by atoms with van der Waals surface area (Å²) in [5.41, 5.74) is 0.518. The number of hydrogen-bond acceptors (Lipinski definition) is 15. The third kappa shape index (κ3) is 6.39. The van der Waals surface area contributed by atoms with E-state index >= 15 is 0 Å². The van der Waals surface area contributed by atoms with Crippen LogP contribution in [0.15, 0.2) is 35.4 Å². The number of hydrogen-bond donors (Lipinski definition) is 2. The maximum absolute atomic E-state index is 11.4. The van der Waals surface area contributed by atoms with E-state index in [1.165, 1.54) is 17.2 Å². The summed E-state index contributed by atoms with van der Waals surface area (Å²) in [6.07, 6.45) is 4.00. The fourth-order valence-electron chi connectivity index (χ4n) is 3.22. The standard InChI is InChI=1S/C21H24N12O3S/c1-3-15(34)36-8-5-24-19-16(18(23-4-2)27-20(28-19)32-6-9-35-10-7-32)29-30-17-14(11-22)12-33(31-17)21-25-13-26-37-21/h3,12-13H,1,4-10H2,2H3,(H2,23,24,27,28). The molecule has 2 N–H and O–H groups in total. The number of nitrogens with one attached hydrogen (secondary N) is 2. The molecule has 4 rings (SSSR count). The first-order valence-corrected chi connectivity index (χ1v) is 12.1. The van der Waals surface area contributed by atoms with Gasteiger partial charge in [-0.1, -0.05) is 6.58 Å². The van der Waals surface area contributed by atoms with Crippen molar-refractivity contribution in [3.63, 3.8) is 0 Å². The molecule has 1 saturated heterocycles. The summed E-state index contributed by atoms with van der Waals surface area (Å²) in [5, 5.41) is 29.3. The number of azo groups is 1. The van der Waals surface area contributed by atoms with Gasteiger partial charge in [-0.3, -0.25) is 0 Å². The molecule has 0 amide bonds. The van der Waals surface area contributed by atoms with E-state index in [-0.39, 0.29) is 24.5 Å². The predicted octanol–water partition coefficient (Wildman–Crippen LogP) is 2.21. The summed E-state index contributed by atoms with van der Waals surface area (Å²) >= 11 is 1.13. The first kappa shape index (κ1) is 25.6. The monoisotopic (exact) mass is 524 g/mol. The van der Waals surface area contributed by atoms with Gasteiger partial charge in [0.1, 0.15) is 24.6 Å². The van der Waals surface area contributed by atoms with Crippen molar-refractivity contribution in [2.45, 2.75) is 6.92 Å². The Morgan fingerprint density at radius 1 is 1.32 bits per heavy atom. The van der Waals surface area contributed by atoms with Crippen molar-refractivity contribution in [3.8, 4) is 11.2 Å². The van der Waals surface area contributed by atoms with Crippen LogP contribution in [0.1, 0.15) is 12.5 Å². The average Bonchev–Trinajstić information content (AvgIpc) is 3.61. The number of rotatable bonds is 11. The number of esters is 1. The number of nitrogens with zero attached hydrogens (tertiary/aromatic N) is 10.